The van der Waals surface area contributed by atoms with Gasteiger partial charge in [0.15, 0.2) is 23.0 Å². The summed E-state index contributed by atoms with van der Waals surface area (Å²) >= 11 is 0. The van der Waals surface area contributed by atoms with Gasteiger partial charge in [0.05, 0.1) is 19.8 Å². The molecule has 1 atom stereocenters. The van der Waals surface area contributed by atoms with Crippen LogP contribution in [0, 0.1) is 11.6 Å². The van der Waals surface area contributed by atoms with E-state index >= 15 is 0 Å². The molecule has 1 fully saturated rings. The van der Waals surface area contributed by atoms with E-state index < -0.39 is 24.2 Å². The minimum absolute atomic E-state index is 0.0142. The van der Waals surface area contributed by atoms with Crippen molar-refractivity contribution in [3.05, 3.63) is 65.1 Å². The second kappa shape index (κ2) is 10.7. The number of nitrogens with one attached hydrogen (secondary N) is 1. The molecule has 1 aliphatic heterocycles. The molecule has 8 nitrogen and oxygen atoms in total. The Labute approximate surface area is 197 Å². The average molecular weight is 495 g/mol. The molecule has 1 saturated heterocycles. The minimum atomic E-state index is -3.06. The van der Waals surface area contributed by atoms with Gasteiger partial charge in [-0.15, -0.1) is 0 Å². The van der Waals surface area contributed by atoms with E-state index in [0.29, 0.717) is 31.3 Å². The molecule has 35 heavy (non-hydrogen) atoms. The van der Waals surface area contributed by atoms with Crippen molar-refractivity contribution in [2.45, 2.75) is 32.2 Å². The number of oxazole rings is 1. The number of rotatable bonds is 9. The number of hydrogen-bond donors (Lipinski definition) is 2. The number of hydrogen-bond acceptors (Lipinski definition) is 7. The molecule has 0 bridgehead atoms. The molecule has 2 heterocycles. The molecular weight excluding hydrogens is 474 g/mol. The summed E-state index contributed by atoms with van der Waals surface area (Å²) in [7, 11) is 0. The monoisotopic (exact) mass is 495 g/mol. The van der Waals surface area contributed by atoms with Crippen molar-refractivity contribution in [1.29, 1.82) is 0 Å². The van der Waals surface area contributed by atoms with Gasteiger partial charge in [0.1, 0.15) is 17.7 Å². The van der Waals surface area contributed by atoms with Crippen LogP contribution in [0.3, 0.4) is 0 Å². The Morgan fingerprint density at radius 1 is 1.20 bits per heavy atom. The fourth-order valence-electron chi connectivity index (χ4n) is 3.43. The second-order valence-corrected chi connectivity index (χ2v) is 7.56. The maximum atomic E-state index is 13.8. The van der Waals surface area contributed by atoms with Gasteiger partial charge in [-0.2, -0.15) is 8.78 Å². The van der Waals surface area contributed by atoms with Crippen molar-refractivity contribution >= 4 is 5.91 Å². The molecule has 4 rings (SSSR count). The predicted molar refractivity (Wildman–Crippen MR) is 114 cm³/mol. The summed E-state index contributed by atoms with van der Waals surface area (Å²) in [4.78, 5) is 16.8. The highest BCUT2D eigenvalue weighted by atomic mass is 19.3. The molecule has 12 heteroatoms. The molecule has 0 spiro atoms. The van der Waals surface area contributed by atoms with Gasteiger partial charge in [-0.25, -0.2) is 13.8 Å². The van der Waals surface area contributed by atoms with Gasteiger partial charge in [-0.05, 0) is 24.3 Å². The number of nitrogens with two attached hydrogens (primary N) is 1. The summed E-state index contributed by atoms with van der Waals surface area (Å²) in [6.45, 7) is -2.67. The highest BCUT2D eigenvalue weighted by Crippen LogP contribution is 2.35. The van der Waals surface area contributed by atoms with Crippen LogP contribution in [-0.4, -0.2) is 36.8 Å². The molecule has 186 valence electrons. The van der Waals surface area contributed by atoms with E-state index in [1.165, 1.54) is 24.3 Å². The Morgan fingerprint density at radius 2 is 2.03 bits per heavy atom. The van der Waals surface area contributed by atoms with Crippen molar-refractivity contribution in [2.24, 2.45) is 5.73 Å². The van der Waals surface area contributed by atoms with Gasteiger partial charge in [0.25, 0.3) is 5.91 Å². The summed E-state index contributed by atoms with van der Waals surface area (Å²) in [5.41, 5.74) is 5.95. The van der Waals surface area contributed by atoms with Crippen LogP contribution in [0.25, 0.3) is 11.5 Å². The van der Waals surface area contributed by atoms with E-state index in [1.807, 2.05) is 0 Å². The highest BCUT2D eigenvalue weighted by molar-refractivity contribution is 5.93. The van der Waals surface area contributed by atoms with E-state index in [2.05, 4.69) is 15.0 Å². The van der Waals surface area contributed by atoms with Gasteiger partial charge in [-0.3, -0.25) is 4.79 Å². The first-order valence-electron chi connectivity index (χ1n) is 10.6. The third-order valence-electron chi connectivity index (χ3n) is 5.14. The summed E-state index contributed by atoms with van der Waals surface area (Å²) in [5.74, 6) is -2.35. The molecule has 1 unspecified atom stereocenters. The lowest BCUT2D eigenvalue weighted by Gasteiger charge is -2.16. The van der Waals surface area contributed by atoms with Crippen molar-refractivity contribution in [1.82, 2.24) is 10.3 Å². The maximum Gasteiger partial charge on any atom is 0.387 e. The molecule has 3 N–H and O–H groups in total. The number of halogens is 4. The maximum absolute atomic E-state index is 13.8. The van der Waals surface area contributed by atoms with E-state index in [-0.39, 0.29) is 53.6 Å². The zero-order chi connectivity index (χ0) is 24.9. The fourth-order valence-corrected chi connectivity index (χ4v) is 3.43. The van der Waals surface area contributed by atoms with E-state index in [4.69, 9.17) is 19.6 Å². The SMILES string of the molecule is NCc1oc(-c2ccc(OC(F)F)c(OC3CCOC3)c2)nc1C(=O)NCc1ccc(F)cc1F. The number of nitrogens with zero attached hydrogens (tertiary/aromatic N) is 1. The van der Waals surface area contributed by atoms with Crippen LogP contribution < -0.4 is 20.5 Å². The Hall–Kier alpha value is -3.64. The third kappa shape index (κ3) is 5.89. The van der Waals surface area contributed by atoms with Gasteiger partial charge in [0, 0.05) is 30.2 Å². The first kappa shape index (κ1) is 24.5. The van der Waals surface area contributed by atoms with Crippen LogP contribution in [0.2, 0.25) is 0 Å². The standard InChI is InChI=1S/C23H21F4N3O5/c24-14-3-1-13(16(25)8-14)10-29-21(31)20-19(9-28)34-22(30-20)12-2-4-17(35-23(26)27)18(7-12)33-15-5-6-32-11-15/h1-4,7-8,15,23H,5-6,9-11,28H2,(H,29,31). The predicted octanol–water partition coefficient (Wildman–Crippen LogP) is 3.78. The lowest BCUT2D eigenvalue weighted by molar-refractivity contribution is -0.0520. The summed E-state index contributed by atoms with van der Waals surface area (Å²) in [5, 5.41) is 2.48. The highest BCUT2D eigenvalue weighted by Gasteiger charge is 2.24. The molecular formula is C23H21F4N3O5. The number of amides is 1. The molecule has 0 radical (unpaired) electrons. The summed E-state index contributed by atoms with van der Waals surface area (Å²) in [6, 6.07) is 7.08. The van der Waals surface area contributed by atoms with Crippen LogP contribution in [0.1, 0.15) is 28.2 Å². The van der Waals surface area contributed by atoms with E-state index in [0.717, 1.165) is 6.07 Å². The van der Waals surface area contributed by atoms with Gasteiger partial charge >= 0.3 is 6.61 Å². The lowest BCUT2D eigenvalue weighted by atomic mass is 10.2. The molecule has 3 aromatic rings. The van der Waals surface area contributed by atoms with Crippen LogP contribution in [0.15, 0.2) is 40.8 Å². The van der Waals surface area contributed by atoms with Crippen LogP contribution in [-0.2, 0) is 17.8 Å². The van der Waals surface area contributed by atoms with E-state index in [1.54, 1.807) is 0 Å². The van der Waals surface area contributed by atoms with Crippen LogP contribution >= 0.6 is 0 Å². The molecule has 1 amide bonds. The smallest absolute Gasteiger partial charge is 0.387 e. The summed E-state index contributed by atoms with van der Waals surface area (Å²) < 4.78 is 73.8. The molecule has 2 aromatic carbocycles. The summed E-state index contributed by atoms with van der Waals surface area (Å²) in [6.07, 6.45) is 0.232. The number of benzene rings is 2. The van der Waals surface area contributed by atoms with Crippen LogP contribution in [0.5, 0.6) is 11.5 Å². The lowest BCUT2D eigenvalue weighted by Crippen LogP contribution is -2.25. The number of aromatic nitrogens is 1. The van der Waals surface area contributed by atoms with Crippen molar-refractivity contribution in [3.8, 4) is 23.0 Å². The number of carbonyl (C=O) groups excluding carboxylic acids is 1. The minimum Gasteiger partial charge on any atom is -0.484 e. The normalized spacial score (nSPS) is 15.4. The van der Waals surface area contributed by atoms with Gasteiger partial charge in [-0.1, -0.05) is 6.07 Å². The van der Waals surface area contributed by atoms with Gasteiger partial charge < -0.3 is 29.7 Å². The average Bonchev–Trinajstić information content (AvgIpc) is 3.49. The van der Waals surface area contributed by atoms with E-state index in [9.17, 15) is 22.4 Å². The van der Waals surface area contributed by atoms with Crippen molar-refractivity contribution in [2.75, 3.05) is 13.2 Å². The fraction of sp³-hybridized carbons (Fsp3) is 0.304. The quantitative estimate of drug-likeness (QED) is 0.435. The molecule has 0 aliphatic carbocycles. The molecule has 1 aliphatic rings. The van der Waals surface area contributed by atoms with Gasteiger partial charge in [0.2, 0.25) is 5.89 Å². The van der Waals surface area contributed by atoms with Crippen molar-refractivity contribution in [3.63, 3.8) is 0 Å². The molecule has 1 aromatic heterocycles. The number of alkyl halides is 2. The Morgan fingerprint density at radius 3 is 2.71 bits per heavy atom. The second-order valence-electron chi connectivity index (χ2n) is 7.56. The first-order chi connectivity index (χ1) is 16.8. The Kier molecular flexibility index (Phi) is 7.51. The molecule has 0 saturated carbocycles. The zero-order valence-electron chi connectivity index (χ0n) is 18.2. The van der Waals surface area contributed by atoms with Crippen LogP contribution in [0.4, 0.5) is 17.6 Å². The topological polar surface area (TPSA) is 109 Å². The first-order valence-corrected chi connectivity index (χ1v) is 10.6. The zero-order valence-corrected chi connectivity index (χ0v) is 18.2. The number of ether oxygens (including phenoxy) is 3. The number of carbonyl (C=O) groups is 1. The Bertz CT molecular complexity index is 1200. The third-order valence-corrected chi connectivity index (χ3v) is 5.14. The largest absolute Gasteiger partial charge is 0.484 e. The Balaban J connectivity index is 1.56. The van der Waals surface area contributed by atoms with Crippen molar-refractivity contribution < 1.29 is 41.0 Å².